The van der Waals surface area contributed by atoms with Crippen molar-refractivity contribution in [3.05, 3.63) is 65.7 Å². The largest absolute Gasteiger partial charge is 0.370 e. The molecule has 0 aliphatic rings. The summed E-state index contributed by atoms with van der Waals surface area (Å²) in [5.74, 6) is -0.0177. The third-order valence-electron chi connectivity index (χ3n) is 3.45. The van der Waals surface area contributed by atoms with Crippen molar-refractivity contribution in [3.63, 3.8) is 0 Å². The molecule has 110 valence electrons. The van der Waals surface area contributed by atoms with Gasteiger partial charge in [-0.25, -0.2) is 0 Å². The molecule has 0 aromatic heterocycles. The number of rotatable bonds is 6. The zero-order valence-electron chi connectivity index (χ0n) is 12.7. The van der Waals surface area contributed by atoms with Gasteiger partial charge in [-0.1, -0.05) is 30.3 Å². The zero-order chi connectivity index (χ0) is 15.1. The maximum atomic E-state index is 12.0. The maximum absolute atomic E-state index is 12.0. The van der Waals surface area contributed by atoms with Crippen LogP contribution in [0.25, 0.3) is 0 Å². The first-order valence-corrected chi connectivity index (χ1v) is 7.35. The highest BCUT2D eigenvalue weighted by Crippen LogP contribution is 2.14. The van der Waals surface area contributed by atoms with E-state index in [4.69, 9.17) is 0 Å². The fourth-order valence-corrected chi connectivity index (χ4v) is 2.29. The average molecular weight is 282 g/mol. The van der Waals surface area contributed by atoms with Gasteiger partial charge < -0.3 is 10.2 Å². The number of aryl methyl sites for hydroxylation is 1. The predicted octanol–water partition coefficient (Wildman–Crippen LogP) is 3.25. The molecule has 0 heterocycles. The first kappa shape index (κ1) is 15.1. The molecule has 0 aliphatic heterocycles. The number of nitrogens with zero attached hydrogens (tertiary/aromatic N) is 1. The van der Waals surface area contributed by atoms with E-state index in [9.17, 15) is 4.79 Å². The molecule has 1 amide bonds. The molecule has 0 saturated heterocycles. The smallest absolute Gasteiger partial charge is 0.251 e. The molecule has 0 radical (unpaired) electrons. The summed E-state index contributed by atoms with van der Waals surface area (Å²) in [6.45, 7) is 6.58. The van der Waals surface area contributed by atoms with Crippen LogP contribution in [0.3, 0.4) is 0 Å². The summed E-state index contributed by atoms with van der Waals surface area (Å²) in [6.07, 6.45) is 0. The highest BCUT2D eigenvalue weighted by molar-refractivity contribution is 5.94. The normalized spacial score (nSPS) is 10.2. The van der Waals surface area contributed by atoms with Crippen LogP contribution in [0.2, 0.25) is 0 Å². The minimum atomic E-state index is -0.0177. The summed E-state index contributed by atoms with van der Waals surface area (Å²) in [5.41, 5.74) is 3.15. The van der Waals surface area contributed by atoms with Crippen molar-refractivity contribution in [2.45, 2.75) is 13.8 Å². The molecule has 0 unspecified atom stereocenters. The molecule has 0 saturated carbocycles. The predicted molar refractivity (Wildman–Crippen MR) is 87.8 cm³/mol. The standard InChI is InChI=1S/C18H22N2O/c1-3-20(17-11-7-8-15(2)14-17)13-12-19-18(21)16-9-5-4-6-10-16/h4-11,14H,3,12-13H2,1-2H3,(H,19,21). The van der Waals surface area contributed by atoms with E-state index in [-0.39, 0.29) is 5.91 Å². The van der Waals surface area contributed by atoms with Gasteiger partial charge in [-0.2, -0.15) is 0 Å². The third kappa shape index (κ3) is 4.35. The van der Waals surface area contributed by atoms with Gasteiger partial charge in [-0.3, -0.25) is 4.79 Å². The number of likely N-dealkylation sites (N-methyl/N-ethyl adjacent to an activating group) is 1. The minimum absolute atomic E-state index is 0.0177. The van der Waals surface area contributed by atoms with E-state index in [1.165, 1.54) is 11.3 Å². The fourth-order valence-electron chi connectivity index (χ4n) is 2.29. The summed E-state index contributed by atoms with van der Waals surface area (Å²) >= 11 is 0. The summed E-state index contributed by atoms with van der Waals surface area (Å²) in [7, 11) is 0. The van der Waals surface area contributed by atoms with Crippen molar-refractivity contribution in [1.29, 1.82) is 0 Å². The van der Waals surface area contributed by atoms with E-state index >= 15 is 0 Å². The Morgan fingerprint density at radius 3 is 2.52 bits per heavy atom. The molecular weight excluding hydrogens is 260 g/mol. The Labute approximate surface area is 126 Å². The lowest BCUT2D eigenvalue weighted by Gasteiger charge is -2.23. The van der Waals surface area contributed by atoms with Gasteiger partial charge in [0.2, 0.25) is 0 Å². The van der Waals surface area contributed by atoms with Gasteiger partial charge in [0.05, 0.1) is 0 Å². The molecule has 3 heteroatoms. The van der Waals surface area contributed by atoms with Crippen LogP contribution in [-0.2, 0) is 0 Å². The van der Waals surface area contributed by atoms with E-state index < -0.39 is 0 Å². The first-order chi connectivity index (χ1) is 10.2. The molecule has 3 nitrogen and oxygen atoms in total. The molecule has 0 atom stereocenters. The van der Waals surface area contributed by atoms with Gasteiger partial charge >= 0.3 is 0 Å². The lowest BCUT2D eigenvalue weighted by molar-refractivity contribution is 0.0954. The summed E-state index contributed by atoms with van der Waals surface area (Å²) in [4.78, 5) is 14.2. The van der Waals surface area contributed by atoms with Crippen LogP contribution >= 0.6 is 0 Å². The van der Waals surface area contributed by atoms with Gasteiger partial charge in [0.1, 0.15) is 0 Å². The monoisotopic (exact) mass is 282 g/mol. The van der Waals surface area contributed by atoms with Crippen LogP contribution in [0.5, 0.6) is 0 Å². The number of carbonyl (C=O) groups is 1. The Morgan fingerprint density at radius 1 is 1.10 bits per heavy atom. The number of anilines is 1. The van der Waals surface area contributed by atoms with Gasteiger partial charge in [0, 0.05) is 30.9 Å². The summed E-state index contributed by atoms with van der Waals surface area (Å²) < 4.78 is 0. The van der Waals surface area contributed by atoms with E-state index in [0.29, 0.717) is 12.1 Å². The molecular formula is C18H22N2O. The Hall–Kier alpha value is -2.29. The highest BCUT2D eigenvalue weighted by Gasteiger charge is 2.07. The minimum Gasteiger partial charge on any atom is -0.370 e. The van der Waals surface area contributed by atoms with Crippen molar-refractivity contribution < 1.29 is 4.79 Å². The van der Waals surface area contributed by atoms with Gasteiger partial charge in [-0.15, -0.1) is 0 Å². The second-order valence-electron chi connectivity index (χ2n) is 5.04. The molecule has 0 spiro atoms. The number of nitrogens with one attached hydrogen (secondary N) is 1. The van der Waals surface area contributed by atoms with Crippen molar-refractivity contribution >= 4 is 11.6 Å². The van der Waals surface area contributed by atoms with E-state index in [1.54, 1.807) is 0 Å². The third-order valence-corrected chi connectivity index (χ3v) is 3.45. The molecule has 21 heavy (non-hydrogen) atoms. The highest BCUT2D eigenvalue weighted by atomic mass is 16.1. The SMILES string of the molecule is CCN(CCNC(=O)c1ccccc1)c1cccc(C)c1. The lowest BCUT2D eigenvalue weighted by Crippen LogP contribution is -2.34. The number of amides is 1. The fraction of sp³-hybridized carbons (Fsp3) is 0.278. The van der Waals surface area contributed by atoms with Crippen molar-refractivity contribution in [2.75, 3.05) is 24.5 Å². The Kier molecular flexibility index (Phi) is 5.38. The van der Waals surface area contributed by atoms with E-state index in [0.717, 1.165) is 13.1 Å². The second kappa shape index (κ2) is 7.48. The molecule has 1 N–H and O–H groups in total. The number of hydrogen-bond donors (Lipinski definition) is 1. The van der Waals surface area contributed by atoms with Crippen molar-refractivity contribution in [2.24, 2.45) is 0 Å². The van der Waals surface area contributed by atoms with Gasteiger partial charge in [0.25, 0.3) is 5.91 Å². The molecule has 0 fully saturated rings. The van der Waals surface area contributed by atoms with E-state index in [1.807, 2.05) is 30.3 Å². The molecule has 2 aromatic rings. The van der Waals surface area contributed by atoms with Crippen LogP contribution in [0, 0.1) is 6.92 Å². The van der Waals surface area contributed by atoms with Crippen LogP contribution < -0.4 is 10.2 Å². The van der Waals surface area contributed by atoms with Gasteiger partial charge in [-0.05, 0) is 43.7 Å². The van der Waals surface area contributed by atoms with Crippen LogP contribution in [0.15, 0.2) is 54.6 Å². The Balaban J connectivity index is 1.88. The topological polar surface area (TPSA) is 32.3 Å². The number of benzene rings is 2. The van der Waals surface area contributed by atoms with E-state index in [2.05, 4.69) is 48.3 Å². The Morgan fingerprint density at radius 2 is 1.86 bits per heavy atom. The van der Waals surface area contributed by atoms with Gasteiger partial charge in [0.15, 0.2) is 0 Å². The summed E-state index contributed by atoms with van der Waals surface area (Å²) in [6, 6.07) is 17.7. The van der Waals surface area contributed by atoms with Crippen molar-refractivity contribution in [1.82, 2.24) is 5.32 Å². The second-order valence-corrected chi connectivity index (χ2v) is 5.04. The van der Waals surface area contributed by atoms with Crippen molar-refractivity contribution in [3.8, 4) is 0 Å². The molecule has 2 aromatic carbocycles. The summed E-state index contributed by atoms with van der Waals surface area (Å²) in [5, 5.41) is 2.97. The van der Waals surface area contributed by atoms with Crippen LogP contribution in [-0.4, -0.2) is 25.5 Å². The molecule has 0 bridgehead atoms. The zero-order valence-corrected chi connectivity index (χ0v) is 12.7. The lowest BCUT2D eigenvalue weighted by atomic mass is 10.2. The Bertz CT molecular complexity index is 581. The average Bonchev–Trinajstić information content (AvgIpc) is 2.52. The number of hydrogen-bond acceptors (Lipinski definition) is 2. The first-order valence-electron chi connectivity index (χ1n) is 7.35. The maximum Gasteiger partial charge on any atom is 0.251 e. The van der Waals surface area contributed by atoms with Crippen LogP contribution in [0.4, 0.5) is 5.69 Å². The number of carbonyl (C=O) groups excluding carboxylic acids is 1. The quantitative estimate of drug-likeness (QED) is 0.882. The van der Waals surface area contributed by atoms with Crippen LogP contribution in [0.1, 0.15) is 22.8 Å². The molecule has 2 rings (SSSR count). The molecule has 0 aliphatic carbocycles.